The molecule has 6 heteroatoms. The second-order valence-electron chi connectivity index (χ2n) is 5.70. The fraction of sp³-hybridized carbons (Fsp3) is 0.600. The summed E-state index contributed by atoms with van der Waals surface area (Å²) < 4.78 is 53.0. The summed E-state index contributed by atoms with van der Waals surface area (Å²) in [7, 11) is 0. The lowest BCUT2D eigenvalue weighted by Crippen LogP contribution is -2.44. The highest BCUT2D eigenvalue weighted by atomic mass is 35.5. The van der Waals surface area contributed by atoms with E-state index in [2.05, 4.69) is 0 Å². The van der Waals surface area contributed by atoms with Crippen LogP contribution in [-0.4, -0.2) is 12.2 Å². The molecule has 0 saturated heterocycles. The van der Waals surface area contributed by atoms with Crippen LogP contribution in [0.25, 0.3) is 0 Å². The Morgan fingerprint density at radius 2 is 1.90 bits per heavy atom. The minimum absolute atomic E-state index is 0.0975. The van der Waals surface area contributed by atoms with Crippen molar-refractivity contribution < 1.29 is 17.6 Å². The SMILES string of the molecule is NC(Cc1ccc(Cl)cc1F)C1CCCCC1C(F)(F)F. The first-order valence-corrected chi connectivity index (χ1v) is 7.43. The summed E-state index contributed by atoms with van der Waals surface area (Å²) in [6.45, 7) is 0. The van der Waals surface area contributed by atoms with Crippen LogP contribution in [-0.2, 0) is 6.42 Å². The van der Waals surface area contributed by atoms with Gasteiger partial charge in [0.05, 0.1) is 5.92 Å². The first-order valence-electron chi connectivity index (χ1n) is 7.05. The summed E-state index contributed by atoms with van der Waals surface area (Å²) in [6.07, 6.45) is -2.26. The van der Waals surface area contributed by atoms with Crippen molar-refractivity contribution in [3.05, 3.63) is 34.6 Å². The van der Waals surface area contributed by atoms with Crippen LogP contribution in [0.1, 0.15) is 31.2 Å². The lowest BCUT2D eigenvalue weighted by Gasteiger charge is -2.36. The van der Waals surface area contributed by atoms with E-state index in [1.54, 1.807) is 0 Å². The molecule has 1 saturated carbocycles. The molecule has 0 heterocycles. The Bertz CT molecular complexity index is 489. The van der Waals surface area contributed by atoms with E-state index in [-0.39, 0.29) is 17.9 Å². The predicted octanol–water partition coefficient (Wildman–Crippen LogP) is 4.72. The van der Waals surface area contributed by atoms with Gasteiger partial charge in [-0.3, -0.25) is 0 Å². The minimum Gasteiger partial charge on any atom is -0.327 e. The molecule has 1 aromatic carbocycles. The molecule has 2 N–H and O–H groups in total. The maximum atomic E-state index is 13.7. The largest absolute Gasteiger partial charge is 0.392 e. The summed E-state index contributed by atoms with van der Waals surface area (Å²) in [5.41, 5.74) is 6.29. The molecular formula is C15H18ClF4N. The molecule has 1 aliphatic rings. The molecule has 0 spiro atoms. The zero-order valence-corrected chi connectivity index (χ0v) is 12.2. The van der Waals surface area contributed by atoms with E-state index in [1.807, 2.05) is 0 Å². The zero-order chi connectivity index (χ0) is 15.6. The Kier molecular flexibility index (Phi) is 5.15. The minimum atomic E-state index is -4.23. The van der Waals surface area contributed by atoms with Crippen molar-refractivity contribution in [1.82, 2.24) is 0 Å². The van der Waals surface area contributed by atoms with E-state index < -0.39 is 29.9 Å². The monoisotopic (exact) mass is 323 g/mol. The number of hydrogen-bond acceptors (Lipinski definition) is 1. The van der Waals surface area contributed by atoms with Gasteiger partial charge >= 0.3 is 6.18 Å². The van der Waals surface area contributed by atoms with Gasteiger partial charge in [-0.25, -0.2) is 4.39 Å². The van der Waals surface area contributed by atoms with Gasteiger partial charge in [-0.2, -0.15) is 13.2 Å². The highest BCUT2D eigenvalue weighted by Crippen LogP contribution is 2.43. The van der Waals surface area contributed by atoms with Gasteiger partial charge in [-0.05, 0) is 42.9 Å². The van der Waals surface area contributed by atoms with Crippen LogP contribution in [0.4, 0.5) is 17.6 Å². The summed E-state index contributed by atoms with van der Waals surface area (Å²) in [5, 5.41) is 0.260. The maximum Gasteiger partial charge on any atom is 0.392 e. The number of halogens is 5. The van der Waals surface area contributed by atoms with Crippen LogP contribution in [0.3, 0.4) is 0 Å². The van der Waals surface area contributed by atoms with E-state index >= 15 is 0 Å². The summed E-state index contributed by atoms with van der Waals surface area (Å²) in [6, 6.07) is 3.47. The third-order valence-electron chi connectivity index (χ3n) is 4.26. The van der Waals surface area contributed by atoms with E-state index in [1.165, 1.54) is 12.1 Å². The first kappa shape index (κ1) is 16.6. The van der Waals surface area contributed by atoms with Gasteiger partial charge in [0.15, 0.2) is 0 Å². The molecule has 2 rings (SSSR count). The van der Waals surface area contributed by atoms with Crippen LogP contribution in [0.5, 0.6) is 0 Å². The average Bonchev–Trinajstić information content (AvgIpc) is 2.41. The number of benzene rings is 1. The summed E-state index contributed by atoms with van der Waals surface area (Å²) >= 11 is 5.67. The predicted molar refractivity (Wildman–Crippen MR) is 74.6 cm³/mol. The average molecular weight is 324 g/mol. The van der Waals surface area contributed by atoms with Crippen LogP contribution >= 0.6 is 11.6 Å². The Morgan fingerprint density at radius 1 is 1.24 bits per heavy atom. The first-order chi connectivity index (χ1) is 9.79. The molecule has 0 bridgehead atoms. The third kappa shape index (κ3) is 4.10. The molecule has 3 unspecified atom stereocenters. The molecule has 0 radical (unpaired) electrons. The van der Waals surface area contributed by atoms with Crippen molar-refractivity contribution >= 4 is 11.6 Å². The molecule has 118 valence electrons. The van der Waals surface area contributed by atoms with Crippen molar-refractivity contribution in [1.29, 1.82) is 0 Å². The van der Waals surface area contributed by atoms with Crippen molar-refractivity contribution in [3.63, 3.8) is 0 Å². The highest BCUT2D eigenvalue weighted by Gasteiger charge is 2.47. The Morgan fingerprint density at radius 3 is 2.52 bits per heavy atom. The van der Waals surface area contributed by atoms with Gasteiger partial charge in [0.25, 0.3) is 0 Å². The molecule has 1 aliphatic carbocycles. The quantitative estimate of drug-likeness (QED) is 0.800. The lowest BCUT2D eigenvalue weighted by atomic mass is 9.73. The molecular weight excluding hydrogens is 306 g/mol. The molecule has 0 amide bonds. The third-order valence-corrected chi connectivity index (χ3v) is 4.50. The molecule has 3 atom stereocenters. The molecule has 1 fully saturated rings. The van der Waals surface area contributed by atoms with Crippen LogP contribution < -0.4 is 5.73 Å². The second-order valence-corrected chi connectivity index (χ2v) is 6.14. The second kappa shape index (κ2) is 6.53. The molecule has 0 aromatic heterocycles. The topological polar surface area (TPSA) is 26.0 Å². The zero-order valence-electron chi connectivity index (χ0n) is 11.5. The smallest absolute Gasteiger partial charge is 0.327 e. The van der Waals surface area contributed by atoms with Gasteiger partial charge in [0.1, 0.15) is 5.82 Å². The number of nitrogens with two attached hydrogens (primary N) is 1. The highest BCUT2D eigenvalue weighted by molar-refractivity contribution is 6.30. The fourth-order valence-electron chi connectivity index (χ4n) is 3.17. The van der Waals surface area contributed by atoms with E-state index in [9.17, 15) is 17.6 Å². The fourth-order valence-corrected chi connectivity index (χ4v) is 3.33. The van der Waals surface area contributed by atoms with E-state index in [0.717, 1.165) is 12.5 Å². The van der Waals surface area contributed by atoms with Crippen LogP contribution in [0, 0.1) is 17.7 Å². The Hall–Kier alpha value is -0.810. The van der Waals surface area contributed by atoms with Gasteiger partial charge < -0.3 is 5.73 Å². The number of rotatable bonds is 3. The van der Waals surface area contributed by atoms with E-state index in [0.29, 0.717) is 18.4 Å². The maximum absolute atomic E-state index is 13.7. The molecule has 0 aliphatic heterocycles. The number of hydrogen-bond donors (Lipinski definition) is 1. The van der Waals surface area contributed by atoms with Crippen molar-refractivity contribution in [3.8, 4) is 0 Å². The summed E-state index contributed by atoms with van der Waals surface area (Å²) in [5.74, 6) is -2.54. The van der Waals surface area contributed by atoms with Gasteiger partial charge in [-0.15, -0.1) is 0 Å². The lowest BCUT2D eigenvalue weighted by molar-refractivity contribution is -0.198. The molecule has 21 heavy (non-hydrogen) atoms. The number of alkyl halides is 3. The molecule has 1 aromatic rings. The molecule has 1 nitrogen and oxygen atoms in total. The van der Waals surface area contributed by atoms with E-state index in [4.69, 9.17) is 17.3 Å². The van der Waals surface area contributed by atoms with Crippen LogP contribution in [0.2, 0.25) is 5.02 Å². The van der Waals surface area contributed by atoms with Crippen molar-refractivity contribution in [2.75, 3.05) is 0 Å². The normalized spacial score (nSPS) is 24.9. The summed E-state index contributed by atoms with van der Waals surface area (Å²) in [4.78, 5) is 0. The van der Waals surface area contributed by atoms with Gasteiger partial charge in [0, 0.05) is 11.1 Å². The standard InChI is InChI=1S/C15H18ClF4N/c16-10-6-5-9(13(17)8-10)7-14(21)11-3-1-2-4-12(11)15(18,19)20/h5-6,8,11-12,14H,1-4,7,21H2. The Labute approximate surface area is 126 Å². The van der Waals surface area contributed by atoms with Crippen LogP contribution in [0.15, 0.2) is 18.2 Å². The van der Waals surface area contributed by atoms with Gasteiger partial charge in [-0.1, -0.05) is 30.5 Å². The van der Waals surface area contributed by atoms with Gasteiger partial charge in [0.2, 0.25) is 0 Å². The van der Waals surface area contributed by atoms with Crippen molar-refractivity contribution in [2.24, 2.45) is 17.6 Å². The van der Waals surface area contributed by atoms with Crippen molar-refractivity contribution in [2.45, 2.75) is 44.3 Å². The Balaban J connectivity index is 2.12.